The minimum atomic E-state index is -0.491. The Kier molecular flexibility index (Phi) is 4.01. The summed E-state index contributed by atoms with van der Waals surface area (Å²) < 4.78 is 21.5. The average molecular weight is 373 g/mol. The Hall–Kier alpha value is -2.37. The third kappa shape index (κ3) is 2.59. The van der Waals surface area contributed by atoms with E-state index in [1.165, 1.54) is 10.6 Å². The lowest BCUT2D eigenvalue weighted by atomic mass is 9.84. The number of aryl methyl sites for hydroxylation is 1. The zero-order chi connectivity index (χ0) is 18.5. The second-order valence-corrected chi connectivity index (χ2v) is 7.17. The average Bonchev–Trinajstić information content (AvgIpc) is 2.58. The van der Waals surface area contributed by atoms with Crippen LogP contribution >= 0.6 is 11.6 Å². The minimum absolute atomic E-state index is 0.233. The van der Waals surface area contributed by atoms with Crippen LogP contribution in [0.15, 0.2) is 47.4 Å². The molecule has 2 aromatic carbocycles. The predicted octanol–water partition coefficient (Wildman–Crippen LogP) is 3.98. The molecule has 134 valence electrons. The van der Waals surface area contributed by atoms with E-state index in [0.717, 1.165) is 11.1 Å². The quantitative estimate of drug-likeness (QED) is 0.756. The zero-order valence-corrected chi connectivity index (χ0v) is 15.2. The summed E-state index contributed by atoms with van der Waals surface area (Å²) in [6.07, 6.45) is 1.57. The highest BCUT2D eigenvalue weighted by atomic mass is 35.5. The molecular weight excluding hydrogens is 355 g/mol. The van der Waals surface area contributed by atoms with Gasteiger partial charge in [-0.1, -0.05) is 23.7 Å². The van der Waals surface area contributed by atoms with Gasteiger partial charge in [0.1, 0.15) is 11.4 Å². The Balaban J connectivity index is 1.82. The molecule has 1 aromatic heterocycles. The third-order valence-electron chi connectivity index (χ3n) is 5.01. The Morgan fingerprint density at radius 1 is 1.23 bits per heavy atom. The van der Waals surface area contributed by atoms with Crippen molar-refractivity contribution in [3.05, 3.63) is 74.9 Å². The second kappa shape index (κ2) is 6.11. The van der Waals surface area contributed by atoms with Crippen LogP contribution in [0.3, 0.4) is 0 Å². The molecule has 0 radical (unpaired) electrons. The summed E-state index contributed by atoms with van der Waals surface area (Å²) >= 11 is 6.27. The first kappa shape index (κ1) is 17.1. The predicted molar refractivity (Wildman–Crippen MR) is 101 cm³/mol. The van der Waals surface area contributed by atoms with Gasteiger partial charge >= 0.3 is 0 Å². The molecule has 0 saturated carbocycles. The fraction of sp³-hybridized carbons (Fsp3) is 0.250. The molecule has 4 nitrogen and oxygen atoms in total. The zero-order valence-electron chi connectivity index (χ0n) is 14.5. The number of anilines is 1. The van der Waals surface area contributed by atoms with Gasteiger partial charge in [0, 0.05) is 29.3 Å². The molecule has 4 rings (SSSR count). The van der Waals surface area contributed by atoms with E-state index in [1.54, 1.807) is 25.4 Å². The van der Waals surface area contributed by atoms with Crippen LogP contribution in [0.5, 0.6) is 0 Å². The maximum Gasteiger partial charge on any atom is 0.258 e. The monoisotopic (exact) mass is 372 g/mol. The molecule has 0 amide bonds. The fourth-order valence-electron chi connectivity index (χ4n) is 3.48. The van der Waals surface area contributed by atoms with Gasteiger partial charge in [0.05, 0.1) is 18.6 Å². The van der Waals surface area contributed by atoms with Crippen molar-refractivity contribution in [1.82, 2.24) is 4.57 Å². The standard InChI is InChI=1S/C20H18ClFN2O2/c1-12-16(4-3-5-17(12)21)20(10-26-11-20)23-13-8-15-14(18(22)9-13)6-7-24(2)19(15)25/h3-9,23H,10-11H2,1-2H3. The maximum absolute atomic E-state index is 14.6. The number of aromatic nitrogens is 1. The summed E-state index contributed by atoms with van der Waals surface area (Å²) in [5.74, 6) is -0.430. The van der Waals surface area contributed by atoms with Crippen LogP contribution in [0.4, 0.5) is 10.1 Å². The molecule has 6 heteroatoms. The van der Waals surface area contributed by atoms with E-state index in [-0.39, 0.29) is 5.56 Å². The molecule has 2 heterocycles. The molecule has 3 aromatic rings. The number of hydrogen-bond acceptors (Lipinski definition) is 3. The van der Waals surface area contributed by atoms with E-state index in [9.17, 15) is 9.18 Å². The van der Waals surface area contributed by atoms with Crippen molar-refractivity contribution in [2.45, 2.75) is 12.5 Å². The molecule has 1 saturated heterocycles. The number of hydrogen-bond donors (Lipinski definition) is 1. The van der Waals surface area contributed by atoms with E-state index < -0.39 is 11.4 Å². The van der Waals surface area contributed by atoms with Gasteiger partial charge in [0.2, 0.25) is 0 Å². The van der Waals surface area contributed by atoms with Crippen LogP contribution < -0.4 is 10.9 Å². The van der Waals surface area contributed by atoms with Gasteiger partial charge in [-0.2, -0.15) is 0 Å². The molecule has 0 spiro atoms. The molecule has 0 bridgehead atoms. The van der Waals surface area contributed by atoms with Gasteiger partial charge in [-0.05, 0) is 42.3 Å². The van der Waals surface area contributed by atoms with E-state index in [2.05, 4.69) is 5.32 Å². The molecule has 1 N–H and O–H groups in total. The summed E-state index contributed by atoms with van der Waals surface area (Å²) in [7, 11) is 1.65. The van der Waals surface area contributed by atoms with Crippen LogP contribution in [0, 0.1) is 12.7 Å². The lowest BCUT2D eigenvalue weighted by Gasteiger charge is -2.44. The van der Waals surface area contributed by atoms with Crippen LogP contribution in [-0.2, 0) is 17.3 Å². The molecule has 0 atom stereocenters. The number of nitrogens with one attached hydrogen (secondary N) is 1. The Labute approximate surface area is 155 Å². The molecule has 1 fully saturated rings. The summed E-state index contributed by atoms with van der Waals surface area (Å²) in [5, 5.41) is 4.72. The van der Waals surface area contributed by atoms with E-state index in [0.29, 0.717) is 34.7 Å². The van der Waals surface area contributed by atoms with Crippen LogP contribution in [0.2, 0.25) is 5.02 Å². The fourth-order valence-corrected chi connectivity index (χ4v) is 3.66. The van der Waals surface area contributed by atoms with Gasteiger partial charge in [0.15, 0.2) is 0 Å². The van der Waals surface area contributed by atoms with E-state index in [4.69, 9.17) is 16.3 Å². The third-order valence-corrected chi connectivity index (χ3v) is 5.42. The van der Waals surface area contributed by atoms with Gasteiger partial charge in [-0.25, -0.2) is 4.39 Å². The number of nitrogens with zero attached hydrogens (tertiary/aromatic N) is 1. The molecule has 26 heavy (non-hydrogen) atoms. The van der Waals surface area contributed by atoms with Gasteiger partial charge in [0.25, 0.3) is 5.56 Å². The number of ether oxygens (including phenoxy) is 1. The summed E-state index contributed by atoms with van der Waals surface area (Å²) in [5.41, 5.74) is 1.79. The van der Waals surface area contributed by atoms with E-state index >= 15 is 0 Å². The summed E-state index contributed by atoms with van der Waals surface area (Å²) in [6.45, 7) is 2.84. The first-order valence-corrected chi connectivity index (χ1v) is 8.69. The minimum Gasteiger partial charge on any atom is -0.376 e. The largest absolute Gasteiger partial charge is 0.376 e. The highest BCUT2D eigenvalue weighted by Gasteiger charge is 2.41. The number of pyridine rings is 1. The van der Waals surface area contributed by atoms with Gasteiger partial charge in [-0.15, -0.1) is 0 Å². The molecule has 0 aliphatic carbocycles. The SMILES string of the molecule is Cc1c(Cl)cccc1C1(Nc2cc(F)c3ccn(C)c(=O)c3c2)COC1. The molecule has 1 aliphatic rings. The topological polar surface area (TPSA) is 43.3 Å². The first-order chi connectivity index (χ1) is 12.4. The second-order valence-electron chi connectivity index (χ2n) is 6.76. The van der Waals surface area contributed by atoms with Gasteiger partial charge in [-0.3, -0.25) is 4.79 Å². The lowest BCUT2D eigenvalue weighted by molar-refractivity contribution is -0.0449. The van der Waals surface area contributed by atoms with Crippen LogP contribution in [-0.4, -0.2) is 17.8 Å². The van der Waals surface area contributed by atoms with E-state index in [1.807, 2.05) is 25.1 Å². The molecule has 1 aliphatic heterocycles. The molecule has 0 unspecified atom stereocenters. The number of halogens is 2. The Morgan fingerprint density at radius 3 is 2.69 bits per heavy atom. The normalized spacial score (nSPS) is 15.7. The Bertz CT molecular complexity index is 1070. The smallest absolute Gasteiger partial charge is 0.258 e. The van der Waals surface area contributed by atoms with Crippen LogP contribution in [0.1, 0.15) is 11.1 Å². The summed E-state index contributed by atoms with van der Waals surface area (Å²) in [6, 6.07) is 10.4. The van der Waals surface area contributed by atoms with Crippen molar-refractivity contribution in [3.63, 3.8) is 0 Å². The number of fused-ring (bicyclic) bond motifs is 1. The van der Waals surface area contributed by atoms with Crippen LogP contribution in [0.25, 0.3) is 10.8 Å². The number of benzene rings is 2. The van der Waals surface area contributed by atoms with Crippen molar-refractivity contribution in [3.8, 4) is 0 Å². The van der Waals surface area contributed by atoms with Crippen molar-refractivity contribution < 1.29 is 9.13 Å². The van der Waals surface area contributed by atoms with Gasteiger partial charge < -0.3 is 14.6 Å². The van der Waals surface area contributed by atoms with Crippen molar-refractivity contribution in [1.29, 1.82) is 0 Å². The first-order valence-electron chi connectivity index (χ1n) is 8.32. The maximum atomic E-state index is 14.6. The number of rotatable bonds is 3. The summed E-state index contributed by atoms with van der Waals surface area (Å²) in [4.78, 5) is 12.4. The Morgan fingerprint density at radius 2 is 2.00 bits per heavy atom. The van der Waals surface area contributed by atoms with Crippen molar-refractivity contribution in [2.24, 2.45) is 7.05 Å². The highest BCUT2D eigenvalue weighted by Crippen LogP contribution is 2.38. The van der Waals surface area contributed by atoms with Crippen molar-refractivity contribution >= 4 is 28.1 Å². The highest BCUT2D eigenvalue weighted by molar-refractivity contribution is 6.31. The lowest BCUT2D eigenvalue weighted by Crippen LogP contribution is -2.53. The van der Waals surface area contributed by atoms with Crippen molar-refractivity contribution in [2.75, 3.05) is 18.5 Å². The molecular formula is C20H18ClFN2O2.